The summed E-state index contributed by atoms with van der Waals surface area (Å²) in [7, 11) is 0. The molecule has 0 amide bonds. The average molecular weight is 346 g/mol. The zero-order valence-electron chi connectivity index (χ0n) is 12.4. The van der Waals surface area contributed by atoms with E-state index in [9.17, 15) is 13.2 Å². The summed E-state index contributed by atoms with van der Waals surface area (Å²) < 4.78 is 39.9. The van der Waals surface area contributed by atoms with E-state index < -0.39 is 11.7 Å². The first-order chi connectivity index (χ1) is 10.9. The Morgan fingerprint density at radius 3 is 2.78 bits per heavy atom. The first-order valence-electron chi connectivity index (χ1n) is 7.27. The fraction of sp³-hybridized carbons (Fsp3) is 0.500. The van der Waals surface area contributed by atoms with Crippen molar-refractivity contribution in [3.8, 4) is 0 Å². The van der Waals surface area contributed by atoms with Gasteiger partial charge >= 0.3 is 6.18 Å². The number of anilines is 1. The third-order valence-corrected chi connectivity index (χ3v) is 4.09. The van der Waals surface area contributed by atoms with Gasteiger partial charge in [-0.2, -0.15) is 13.2 Å². The fourth-order valence-electron chi connectivity index (χ4n) is 2.62. The van der Waals surface area contributed by atoms with Crippen molar-refractivity contribution in [1.82, 2.24) is 19.7 Å². The van der Waals surface area contributed by atoms with E-state index in [-0.39, 0.29) is 16.9 Å². The molecule has 0 saturated heterocycles. The zero-order chi connectivity index (χ0) is 16.6. The second kappa shape index (κ2) is 5.99. The van der Waals surface area contributed by atoms with E-state index in [4.69, 9.17) is 11.6 Å². The van der Waals surface area contributed by atoms with Crippen molar-refractivity contribution in [3.63, 3.8) is 0 Å². The van der Waals surface area contributed by atoms with Crippen LogP contribution in [0.5, 0.6) is 0 Å². The molecule has 0 spiro atoms. The lowest BCUT2D eigenvalue weighted by Crippen LogP contribution is -2.18. The maximum Gasteiger partial charge on any atom is 0.417 e. The van der Waals surface area contributed by atoms with Gasteiger partial charge in [-0.15, -0.1) is 10.2 Å². The first kappa shape index (κ1) is 16.0. The maximum atomic E-state index is 12.6. The molecule has 0 bridgehead atoms. The number of hydrogen-bond donors (Lipinski definition) is 1. The van der Waals surface area contributed by atoms with Crippen LogP contribution >= 0.6 is 11.6 Å². The van der Waals surface area contributed by atoms with Crippen molar-refractivity contribution in [2.24, 2.45) is 0 Å². The molecular weight excluding hydrogens is 331 g/mol. The Labute approximate surface area is 135 Å². The number of aryl methyl sites for hydroxylation is 1. The summed E-state index contributed by atoms with van der Waals surface area (Å²) in [6.07, 6.45) is -0.664. The van der Waals surface area contributed by atoms with Crippen LogP contribution in [0.3, 0.4) is 0 Å². The lowest BCUT2D eigenvalue weighted by Gasteiger charge is -2.19. The standard InChI is InChI=1S/C14H15ClF3N5/c1-8(13-22-21-11-4-2-3-5-23(11)13)20-12-10(15)6-9(7-19-12)14(16,17)18/h6-8H,2-5H2,1H3,(H,19,20). The topological polar surface area (TPSA) is 55.6 Å². The Balaban J connectivity index is 1.80. The van der Waals surface area contributed by atoms with E-state index in [1.165, 1.54) is 0 Å². The van der Waals surface area contributed by atoms with Gasteiger partial charge in [-0.25, -0.2) is 4.98 Å². The Kier molecular flexibility index (Phi) is 4.18. The summed E-state index contributed by atoms with van der Waals surface area (Å²) in [5, 5.41) is 11.3. The molecule has 1 N–H and O–H groups in total. The number of halogens is 4. The number of hydrogen-bond acceptors (Lipinski definition) is 4. The molecule has 1 aliphatic rings. The van der Waals surface area contributed by atoms with Gasteiger partial charge in [-0.3, -0.25) is 0 Å². The molecule has 23 heavy (non-hydrogen) atoms. The molecule has 0 fully saturated rings. The molecule has 0 aromatic carbocycles. The highest BCUT2D eigenvalue weighted by molar-refractivity contribution is 6.33. The molecule has 5 nitrogen and oxygen atoms in total. The van der Waals surface area contributed by atoms with E-state index in [2.05, 4.69) is 20.5 Å². The van der Waals surface area contributed by atoms with Crippen molar-refractivity contribution in [2.45, 2.75) is 44.9 Å². The van der Waals surface area contributed by atoms with Crippen LogP contribution in [0.1, 0.15) is 43.0 Å². The van der Waals surface area contributed by atoms with Crippen molar-refractivity contribution >= 4 is 17.4 Å². The maximum absolute atomic E-state index is 12.6. The third-order valence-electron chi connectivity index (χ3n) is 3.80. The van der Waals surface area contributed by atoms with Gasteiger partial charge in [0, 0.05) is 19.2 Å². The fourth-order valence-corrected chi connectivity index (χ4v) is 2.84. The van der Waals surface area contributed by atoms with Crippen molar-refractivity contribution in [2.75, 3.05) is 5.32 Å². The summed E-state index contributed by atoms with van der Waals surface area (Å²) in [5.74, 6) is 1.86. The van der Waals surface area contributed by atoms with Crippen LogP contribution in [0.25, 0.3) is 0 Å². The molecule has 0 saturated carbocycles. The van der Waals surface area contributed by atoms with E-state index in [0.29, 0.717) is 0 Å². The van der Waals surface area contributed by atoms with Gasteiger partial charge in [0.05, 0.1) is 16.6 Å². The Hall–Kier alpha value is -1.83. The van der Waals surface area contributed by atoms with Crippen LogP contribution in [0.15, 0.2) is 12.3 Å². The Morgan fingerprint density at radius 2 is 2.09 bits per heavy atom. The number of fused-ring (bicyclic) bond motifs is 1. The van der Waals surface area contributed by atoms with Crippen molar-refractivity contribution < 1.29 is 13.2 Å². The number of nitrogens with zero attached hydrogens (tertiary/aromatic N) is 4. The molecule has 1 aliphatic heterocycles. The summed E-state index contributed by atoms with van der Waals surface area (Å²) in [5.41, 5.74) is -0.874. The lowest BCUT2D eigenvalue weighted by molar-refractivity contribution is -0.137. The molecule has 9 heteroatoms. The molecular formula is C14H15ClF3N5. The molecule has 1 unspecified atom stereocenters. The Morgan fingerprint density at radius 1 is 1.30 bits per heavy atom. The van der Waals surface area contributed by atoms with Gasteiger partial charge in [0.1, 0.15) is 11.6 Å². The van der Waals surface area contributed by atoms with Crippen molar-refractivity contribution in [3.05, 3.63) is 34.5 Å². The van der Waals surface area contributed by atoms with Gasteiger partial charge in [0.2, 0.25) is 0 Å². The molecule has 3 rings (SSSR count). The number of nitrogens with one attached hydrogen (secondary N) is 1. The van der Waals surface area contributed by atoms with Crippen LogP contribution in [0.2, 0.25) is 5.02 Å². The predicted molar refractivity (Wildman–Crippen MR) is 79.2 cm³/mol. The minimum absolute atomic E-state index is 0.0787. The largest absolute Gasteiger partial charge is 0.417 e. The molecule has 124 valence electrons. The quantitative estimate of drug-likeness (QED) is 0.918. The van der Waals surface area contributed by atoms with Crippen LogP contribution in [0, 0.1) is 0 Å². The van der Waals surface area contributed by atoms with Gasteiger partial charge in [0.15, 0.2) is 5.82 Å². The molecule has 3 heterocycles. The number of aromatic nitrogens is 4. The number of alkyl halides is 3. The summed E-state index contributed by atoms with van der Waals surface area (Å²) in [4.78, 5) is 3.79. The lowest BCUT2D eigenvalue weighted by atomic mass is 10.1. The number of pyridine rings is 1. The van der Waals surface area contributed by atoms with E-state index in [1.54, 1.807) is 0 Å². The third kappa shape index (κ3) is 3.26. The molecule has 2 aromatic heterocycles. The van der Waals surface area contributed by atoms with Gasteiger partial charge in [-0.1, -0.05) is 11.6 Å². The highest BCUT2D eigenvalue weighted by Crippen LogP contribution is 2.33. The van der Waals surface area contributed by atoms with Crippen molar-refractivity contribution in [1.29, 1.82) is 0 Å². The molecule has 0 radical (unpaired) electrons. The summed E-state index contributed by atoms with van der Waals surface area (Å²) in [6.45, 7) is 2.69. The first-order valence-corrected chi connectivity index (χ1v) is 7.65. The van der Waals surface area contributed by atoms with E-state index in [1.807, 2.05) is 11.5 Å². The monoisotopic (exact) mass is 345 g/mol. The van der Waals surface area contributed by atoms with Gasteiger partial charge < -0.3 is 9.88 Å². The summed E-state index contributed by atoms with van der Waals surface area (Å²) in [6, 6.07) is 0.596. The van der Waals surface area contributed by atoms with E-state index >= 15 is 0 Å². The predicted octanol–water partition coefficient (Wildman–Crippen LogP) is 3.85. The number of rotatable bonds is 3. The Bertz CT molecular complexity index is 713. The normalized spacial score (nSPS) is 16.0. The average Bonchev–Trinajstić information content (AvgIpc) is 2.92. The van der Waals surface area contributed by atoms with E-state index in [0.717, 1.165) is 49.7 Å². The zero-order valence-corrected chi connectivity index (χ0v) is 13.1. The summed E-state index contributed by atoms with van der Waals surface area (Å²) >= 11 is 5.92. The molecule has 1 atom stereocenters. The minimum atomic E-state index is -4.47. The van der Waals surface area contributed by atoms with Crippen LogP contribution < -0.4 is 5.32 Å². The van der Waals surface area contributed by atoms with Gasteiger partial charge in [0.25, 0.3) is 0 Å². The minimum Gasteiger partial charge on any atom is -0.359 e. The van der Waals surface area contributed by atoms with Crippen LogP contribution in [-0.2, 0) is 19.1 Å². The molecule has 2 aromatic rings. The van der Waals surface area contributed by atoms with Crippen LogP contribution in [0.4, 0.5) is 19.0 Å². The second-order valence-corrected chi connectivity index (χ2v) is 5.91. The highest BCUT2D eigenvalue weighted by Gasteiger charge is 2.32. The highest BCUT2D eigenvalue weighted by atomic mass is 35.5. The smallest absolute Gasteiger partial charge is 0.359 e. The SMILES string of the molecule is CC(Nc1ncc(C(F)(F)F)cc1Cl)c1nnc2n1CCCC2. The van der Waals surface area contributed by atoms with Gasteiger partial charge in [-0.05, 0) is 25.8 Å². The van der Waals surface area contributed by atoms with Crippen LogP contribution in [-0.4, -0.2) is 19.7 Å². The second-order valence-electron chi connectivity index (χ2n) is 5.50. The molecule has 0 aliphatic carbocycles.